The summed E-state index contributed by atoms with van der Waals surface area (Å²) in [5.74, 6) is -0.904. The van der Waals surface area contributed by atoms with E-state index < -0.39 is 11.6 Å². The molecule has 2 saturated heterocycles. The molecule has 2 aliphatic heterocycles. The Morgan fingerprint density at radius 1 is 1.29 bits per heavy atom. The zero-order valence-corrected chi connectivity index (χ0v) is 21.9. The summed E-state index contributed by atoms with van der Waals surface area (Å²) in [5.41, 5.74) is 3.89. The van der Waals surface area contributed by atoms with Gasteiger partial charge in [0, 0.05) is 42.7 Å². The van der Waals surface area contributed by atoms with Gasteiger partial charge in [-0.1, -0.05) is 6.58 Å². The van der Waals surface area contributed by atoms with E-state index in [0.717, 1.165) is 39.8 Å². The van der Waals surface area contributed by atoms with Gasteiger partial charge in [0.1, 0.15) is 11.6 Å². The number of piperidine rings is 1. The van der Waals surface area contributed by atoms with Crippen LogP contribution < -0.4 is 5.32 Å². The SMILES string of the molecule is C=CC(=O)N1CC(F)(C(=O)N2CCC(n3nc(C)c(-c4cc(NCC)c5c(C#N)cnn5c4)c3C)CC2)C1. The van der Waals surface area contributed by atoms with Crippen LogP contribution in [0, 0.1) is 25.2 Å². The average molecular weight is 519 g/mol. The van der Waals surface area contributed by atoms with Crippen LogP contribution >= 0.6 is 0 Å². The predicted molar refractivity (Wildman–Crippen MR) is 140 cm³/mol. The zero-order valence-electron chi connectivity index (χ0n) is 21.9. The molecule has 10 nitrogen and oxygen atoms in total. The number of likely N-dealkylation sites (tertiary alicyclic amines) is 2. The second-order valence-corrected chi connectivity index (χ2v) is 10.0. The maximum absolute atomic E-state index is 15.1. The number of rotatable bonds is 6. The number of hydrogen-bond donors (Lipinski definition) is 1. The Hall–Kier alpha value is -4.20. The van der Waals surface area contributed by atoms with Crippen LogP contribution in [0.5, 0.6) is 0 Å². The van der Waals surface area contributed by atoms with Gasteiger partial charge in [0.25, 0.3) is 5.91 Å². The van der Waals surface area contributed by atoms with Gasteiger partial charge in [-0.3, -0.25) is 14.3 Å². The van der Waals surface area contributed by atoms with Gasteiger partial charge >= 0.3 is 0 Å². The number of amides is 2. The summed E-state index contributed by atoms with van der Waals surface area (Å²) in [4.78, 5) is 27.4. The first kappa shape index (κ1) is 25.4. The van der Waals surface area contributed by atoms with Crippen molar-refractivity contribution >= 4 is 23.0 Å². The fraction of sp³-hybridized carbons (Fsp3) is 0.444. The number of hydrogen-bond acceptors (Lipinski definition) is 6. The molecule has 198 valence electrons. The van der Waals surface area contributed by atoms with E-state index in [0.29, 0.717) is 38.0 Å². The fourth-order valence-electron chi connectivity index (χ4n) is 5.68. The molecular formula is C27H31FN8O2. The molecule has 0 bridgehead atoms. The smallest absolute Gasteiger partial charge is 0.264 e. The molecule has 2 amide bonds. The number of aryl methyl sites for hydroxylation is 1. The van der Waals surface area contributed by atoms with Crippen molar-refractivity contribution in [2.24, 2.45) is 0 Å². The highest BCUT2D eigenvalue weighted by Gasteiger charge is 2.53. The van der Waals surface area contributed by atoms with E-state index in [1.807, 2.05) is 37.7 Å². The van der Waals surface area contributed by atoms with Gasteiger partial charge < -0.3 is 15.1 Å². The van der Waals surface area contributed by atoms with E-state index in [1.54, 1.807) is 15.6 Å². The normalized spacial score (nSPS) is 17.2. The molecule has 0 radical (unpaired) electrons. The van der Waals surface area contributed by atoms with Crippen molar-refractivity contribution in [2.45, 2.75) is 45.3 Å². The molecule has 1 N–H and O–H groups in total. The molecule has 11 heteroatoms. The largest absolute Gasteiger partial charge is 0.384 e. The number of nitriles is 1. The van der Waals surface area contributed by atoms with Gasteiger partial charge in [-0.25, -0.2) is 8.91 Å². The Balaban J connectivity index is 1.34. The third kappa shape index (κ3) is 4.10. The first-order valence-electron chi connectivity index (χ1n) is 12.8. The first-order valence-corrected chi connectivity index (χ1v) is 12.8. The second-order valence-electron chi connectivity index (χ2n) is 10.0. The number of aromatic nitrogens is 4. The number of anilines is 1. The maximum atomic E-state index is 15.1. The highest BCUT2D eigenvalue weighted by molar-refractivity contribution is 5.93. The van der Waals surface area contributed by atoms with E-state index in [2.05, 4.69) is 23.1 Å². The molecule has 2 aliphatic rings. The van der Waals surface area contributed by atoms with Gasteiger partial charge in [0.05, 0.1) is 42.3 Å². The molecule has 0 aliphatic carbocycles. The lowest BCUT2D eigenvalue weighted by molar-refractivity contribution is -0.162. The van der Waals surface area contributed by atoms with Gasteiger partial charge in [-0.15, -0.1) is 0 Å². The number of pyridine rings is 1. The van der Waals surface area contributed by atoms with Crippen LogP contribution in [0.4, 0.5) is 10.1 Å². The molecule has 0 saturated carbocycles. The second kappa shape index (κ2) is 9.59. The van der Waals surface area contributed by atoms with Crippen LogP contribution in [-0.2, 0) is 9.59 Å². The lowest BCUT2D eigenvalue weighted by Gasteiger charge is -2.45. The minimum Gasteiger partial charge on any atom is -0.384 e. The third-order valence-electron chi connectivity index (χ3n) is 7.56. The number of fused-ring (bicyclic) bond motifs is 1. The quantitative estimate of drug-likeness (QED) is 0.502. The molecule has 5 rings (SSSR count). The van der Waals surface area contributed by atoms with Crippen molar-refractivity contribution in [3.8, 4) is 17.2 Å². The van der Waals surface area contributed by atoms with Crippen LogP contribution in [0.2, 0.25) is 0 Å². The summed E-state index contributed by atoms with van der Waals surface area (Å²) >= 11 is 0. The molecule has 0 atom stereocenters. The zero-order chi connectivity index (χ0) is 27.2. The van der Waals surface area contributed by atoms with Crippen molar-refractivity contribution in [2.75, 3.05) is 38.0 Å². The standard InChI is InChI=1S/C27H31FN8O2/c1-5-23(37)34-15-27(28,16-34)26(38)33-9-7-21(8-10-33)36-18(4)24(17(3)32-36)19-11-22(30-6-2)25-20(12-29)13-31-35(25)14-19/h5,11,13-14,21,30H,1,6-10,15-16H2,2-4H3. The number of nitrogens with one attached hydrogen (secondary N) is 1. The molecule has 0 spiro atoms. The molecule has 3 aromatic heterocycles. The Labute approximate surface area is 220 Å². The van der Waals surface area contributed by atoms with E-state index in [9.17, 15) is 14.9 Å². The average Bonchev–Trinajstić information content (AvgIpc) is 3.45. The topological polar surface area (TPSA) is 112 Å². The molecule has 5 heterocycles. The van der Waals surface area contributed by atoms with Crippen LogP contribution in [0.25, 0.3) is 16.6 Å². The molecule has 0 aromatic carbocycles. The van der Waals surface area contributed by atoms with E-state index in [-0.39, 0.29) is 25.0 Å². The summed E-state index contributed by atoms with van der Waals surface area (Å²) in [6.07, 6.45) is 5.93. The lowest BCUT2D eigenvalue weighted by Crippen LogP contribution is -2.68. The van der Waals surface area contributed by atoms with Crippen molar-refractivity contribution in [1.82, 2.24) is 29.2 Å². The molecule has 38 heavy (non-hydrogen) atoms. The molecular weight excluding hydrogens is 487 g/mol. The van der Waals surface area contributed by atoms with E-state index >= 15 is 4.39 Å². The van der Waals surface area contributed by atoms with E-state index in [1.165, 1.54) is 4.90 Å². The molecule has 2 fully saturated rings. The van der Waals surface area contributed by atoms with Gasteiger partial charge in [-0.2, -0.15) is 15.5 Å². The fourth-order valence-corrected chi connectivity index (χ4v) is 5.68. The van der Waals surface area contributed by atoms with Crippen molar-refractivity contribution in [3.05, 3.63) is 48.1 Å². The first-order chi connectivity index (χ1) is 18.2. The monoisotopic (exact) mass is 518 g/mol. The molecule has 3 aromatic rings. The molecule has 0 unspecified atom stereocenters. The van der Waals surface area contributed by atoms with Crippen molar-refractivity contribution in [1.29, 1.82) is 5.26 Å². The number of halogens is 1. The Morgan fingerprint density at radius 2 is 2.00 bits per heavy atom. The summed E-state index contributed by atoms with van der Waals surface area (Å²) in [7, 11) is 0. The number of alkyl halides is 1. The van der Waals surface area contributed by atoms with Crippen LogP contribution in [0.15, 0.2) is 31.1 Å². The summed E-state index contributed by atoms with van der Waals surface area (Å²) in [6.45, 7) is 10.5. The third-order valence-corrected chi connectivity index (χ3v) is 7.56. The van der Waals surface area contributed by atoms with Gasteiger partial charge in [-0.05, 0) is 45.8 Å². The maximum Gasteiger partial charge on any atom is 0.264 e. The summed E-state index contributed by atoms with van der Waals surface area (Å²) < 4.78 is 18.9. The Morgan fingerprint density at radius 3 is 2.63 bits per heavy atom. The lowest BCUT2D eigenvalue weighted by atomic mass is 9.92. The predicted octanol–water partition coefficient (Wildman–Crippen LogP) is 3.02. The Bertz CT molecular complexity index is 1470. The van der Waals surface area contributed by atoms with Crippen molar-refractivity contribution in [3.63, 3.8) is 0 Å². The van der Waals surface area contributed by atoms with E-state index in [4.69, 9.17) is 5.10 Å². The number of nitrogens with zero attached hydrogens (tertiary/aromatic N) is 7. The van der Waals surface area contributed by atoms with Gasteiger partial charge in [0.15, 0.2) is 0 Å². The number of carbonyl (C=O) groups excluding carboxylic acids is 2. The van der Waals surface area contributed by atoms with Crippen molar-refractivity contribution < 1.29 is 14.0 Å². The summed E-state index contributed by atoms with van der Waals surface area (Å²) in [5, 5.41) is 22.1. The minimum absolute atomic E-state index is 0.0779. The number of carbonyl (C=O) groups is 2. The van der Waals surface area contributed by atoms with Crippen LogP contribution in [-0.4, -0.2) is 79.4 Å². The minimum atomic E-state index is -2.02. The van der Waals surface area contributed by atoms with Crippen LogP contribution in [0.1, 0.15) is 42.8 Å². The summed E-state index contributed by atoms with van der Waals surface area (Å²) in [6, 6.07) is 4.31. The van der Waals surface area contributed by atoms with Gasteiger partial charge in [0.2, 0.25) is 11.6 Å². The highest BCUT2D eigenvalue weighted by Crippen LogP contribution is 2.36. The highest BCUT2D eigenvalue weighted by atomic mass is 19.1. The Kier molecular flexibility index (Phi) is 6.42. The van der Waals surface area contributed by atoms with Crippen LogP contribution in [0.3, 0.4) is 0 Å².